The molecule has 4 rings (SSSR count). The van der Waals surface area contributed by atoms with Gasteiger partial charge in [0.05, 0.1) is 5.94 Å². The molecule has 2 aromatic rings. The molecule has 0 radical (unpaired) electrons. The molecule has 2 heterocycles. The Morgan fingerprint density at radius 3 is 2.02 bits per heavy atom. The van der Waals surface area contributed by atoms with Crippen LogP contribution in [-0.2, 0) is 54.0 Å². The SMILES string of the molecule is CCc1ccc([C@@H]2OCSc3ccc(C4OC(COC(C)=O)C(OC(C)=O)C(OC(C)=O)C4OC(C)=O)cc32)cc1. The zero-order valence-electron chi connectivity index (χ0n) is 23.6. The summed E-state index contributed by atoms with van der Waals surface area (Å²) < 4.78 is 34.5. The van der Waals surface area contributed by atoms with Crippen LogP contribution in [0.25, 0.3) is 0 Å². The van der Waals surface area contributed by atoms with Crippen LogP contribution in [-0.4, -0.2) is 60.8 Å². The Morgan fingerprint density at radius 2 is 1.41 bits per heavy atom. The second kappa shape index (κ2) is 13.5. The second-order valence-electron chi connectivity index (χ2n) is 9.82. The van der Waals surface area contributed by atoms with Crippen LogP contribution >= 0.6 is 11.8 Å². The van der Waals surface area contributed by atoms with Crippen LogP contribution in [0.15, 0.2) is 47.4 Å². The van der Waals surface area contributed by atoms with Crippen molar-refractivity contribution < 1.29 is 47.6 Å². The molecule has 220 valence electrons. The Balaban J connectivity index is 1.78. The van der Waals surface area contributed by atoms with Crippen molar-refractivity contribution in [3.05, 3.63) is 64.7 Å². The number of aryl methyl sites for hydroxylation is 1. The highest BCUT2D eigenvalue weighted by atomic mass is 32.2. The van der Waals surface area contributed by atoms with Gasteiger partial charge in [0, 0.05) is 32.6 Å². The summed E-state index contributed by atoms with van der Waals surface area (Å²) in [7, 11) is 0. The summed E-state index contributed by atoms with van der Waals surface area (Å²) >= 11 is 1.56. The van der Waals surface area contributed by atoms with Gasteiger partial charge in [-0.25, -0.2) is 0 Å². The molecule has 2 aliphatic heterocycles. The number of rotatable bonds is 8. The molecular weight excluding hydrogens is 552 g/mol. The van der Waals surface area contributed by atoms with Gasteiger partial charge in [-0.05, 0) is 40.8 Å². The number of carbonyl (C=O) groups excluding carboxylic acids is 4. The van der Waals surface area contributed by atoms with Crippen molar-refractivity contribution in [1.29, 1.82) is 0 Å². The number of carbonyl (C=O) groups is 4. The lowest BCUT2D eigenvalue weighted by Crippen LogP contribution is -2.59. The maximum absolute atomic E-state index is 12.2. The fourth-order valence-electron chi connectivity index (χ4n) is 5.04. The molecule has 41 heavy (non-hydrogen) atoms. The Labute approximate surface area is 242 Å². The standard InChI is InChI=1S/C30H34O10S/c1-6-20-7-9-21(10-8-20)26-23-13-22(11-12-25(23)41-15-36-26)27-29(38-18(4)33)30(39-19(5)34)28(37-17(3)32)24(40-27)14-35-16(2)31/h7-13,24,26-30H,6,14-15H2,1-5H3/t24?,26-,27?,28?,29?,30?/m0/s1. The van der Waals surface area contributed by atoms with Crippen molar-refractivity contribution in [3.63, 3.8) is 0 Å². The van der Waals surface area contributed by atoms with Gasteiger partial charge in [0.2, 0.25) is 0 Å². The van der Waals surface area contributed by atoms with E-state index >= 15 is 0 Å². The van der Waals surface area contributed by atoms with Gasteiger partial charge in [0.15, 0.2) is 18.3 Å². The molecule has 0 aliphatic carbocycles. The average molecular weight is 587 g/mol. The van der Waals surface area contributed by atoms with E-state index in [2.05, 4.69) is 19.1 Å². The van der Waals surface area contributed by atoms with Gasteiger partial charge in [-0.3, -0.25) is 19.2 Å². The van der Waals surface area contributed by atoms with E-state index in [0.29, 0.717) is 11.5 Å². The van der Waals surface area contributed by atoms with Crippen LogP contribution in [0.5, 0.6) is 0 Å². The van der Waals surface area contributed by atoms with Gasteiger partial charge in [0.1, 0.15) is 24.9 Å². The number of thioether (sulfide) groups is 1. The van der Waals surface area contributed by atoms with E-state index in [-0.39, 0.29) is 12.7 Å². The zero-order chi connectivity index (χ0) is 29.7. The lowest BCUT2D eigenvalue weighted by Gasteiger charge is -2.44. The van der Waals surface area contributed by atoms with Gasteiger partial charge >= 0.3 is 23.9 Å². The molecule has 11 heteroatoms. The fourth-order valence-corrected chi connectivity index (χ4v) is 5.86. The summed E-state index contributed by atoms with van der Waals surface area (Å²) in [5, 5.41) is 0. The number of benzene rings is 2. The molecule has 0 spiro atoms. The maximum atomic E-state index is 12.2. The van der Waals surface area contributed by atoms with Crippen LogP contribution in [0, 0.1) is 0 Å². The molecule has 2 aliphatic rings. The minimum absolute atomic E-state index is 0.287. The minimum atomic E-state index is -1.24. The number of hydrogen-bond donors (Lipinski definition) is 0. The second-order valence-corrected chi connectivity index (χ2v) is 10.8. The number of ether oxygens (including phenoxy) is 6. The van der Waals surface area contributed by atoms with Crippen molar-refractivity contribution in [2.75, 3.05) is 12.5 Å². The predicted molar refractivity (Wildman–Crippen MR) is 147 cm³/mol. The molecule has 0 N–H and O–H groups in total. The quantitative estimate of drug-likeness (QED) is 0.326. The Hall–Kier alpha value is -3.41. The molecule has 0 saturated carbocycles. The van der Waals surface area contributed by atoms with Crippen molar-refractivity contribution in [1.82, 2.24) is 0 Å². The van der Waals surface area contributed by atoms with Crippen LogP contribution in [0.4, 0.5) is 0 Å². The smallest absolute Gasteiger partial charge is 0.303 e. The Kier molecular flexibility index (Phi) is 10.1. The minimum Gasteiger partial charge on any atom is -0.463 e. The van der Waals surface area contributed by atoms with E-state index in [0.717, 1.165) is 22.4 Å². The molecule has 0 aromatic heterocycles. The van der Waals surface area contributed by atoms with Gasteiger partial charge in [-0.15, -0.1) is 0 Å². The first-order valence-corrected chi connectivity index (χ1v) is 14.3. The van der Waals surface area contributed by atoms with Crippen LogP contribution < -0.4 is 0 Å². The van der Waals surface area contributed by atoms with Crippen molar-refractivity contribution in [3.8, 4) is 0 Å². The first-order valence-electron chi connectivity index (χ1n) is 13.3. The van der Waals surface area contributed by atoms with Gasteiger partial charge in [0.25, 0.3) is 0 Å². The van der Waals surface area contributed by atoms with E-state index in [1.807, 2.05) is 30.3 Å². The van der Waals surface area contributed by atoms with Crippen molar-refractivity contribution in [2.24, 2.45) is 0 Å². The third-order valence-electron chi connectivity index (χ3n) is 6.78. The third kappa shape index (κ3) is 7.46. The van der Waals surface area contributed by atoms with Gasteiger partial charge in [-0.2, -0.15) is 0 Å². The first-order chi connectivity index (χ1) is 19.6. The highest BCUT2D eigenvalue weighted by Gasteiger charge is 2.52. The summed E-state index contributed by atoms with van der Waals surface area (Å²) in [4.78, 5) is 49.1. The summed E-state index contributed by atoms with van der Waals surface area (Å²) in [5.41, 5.74) is 3.71. The zero-order valence-corrected chi connectivity index (χ0v) is 24.4. The highest BCUT2D eigenvalue weighted by molar-refractivity contribution is 7.99. The summed E-state index contributed by atoms with van der Waals surface area (Å²) in [6.45, 7) is 6.66. The van der Waals surface area contributed by atoms with E-state index in [1.54, 1.807) is 11.8 Å². The molecule has 0 bridgehead atoms. The lowest BCUT2D eigenvalue weighted by atomic mass is 9.88. The molecule has 1 fully saturated rings. The molecule has 5 unspecified atom stereocenters. The average Bonchev–Trinajstić information content (AvgIpc) is 2.93. The number of fused-ring (bicyclic) bond motifs is 1. The Bertz CT molecular complexity index is 1280. The third-order valence-corrected chi connectivity index (χ3v) is 7.71. The summed E-state index contributed by atoms with van der Waals surface area (Å²) in [6, 6.07) is 13.9. The number of esters is 4. The molecule has 6 atom stereocenters. The van der Waals surface area contributed by atoms with E-state index < -0.39 is 54.4 Å². The van der Waals surface area contributed by atoms with Crippen LogP contribution in [0.1, 0.15) is 69.1 Å². The maximum Gasteiger partial charge on any atom is 0.303 e. The van der Waals surface area contributed by atoms with E-state index in [4.69, 9.17) is 28.4 Å². The largest absolute Gasteiger partial charge is 0.463 e. The monoisotopic (exact) mass is 586 g/mol. The predicted octanol–water partition coefficient (Wildman–Crippen LogP) is 4.22. The van der Waals surface area contributed by atoms with Crippen LogP contribution in [0.2, 0.25) is 0 Å². The topological polar surface area (TPSA) is 124 Å². The lowest BCUT2D eigenvalue weighted by molar-refractivity contribution is -0.254. The molecule has 1 saturated heterocycles. The van der Waals surface area contributed by atoms with Crippen molar-refractivity contribution >= 4 is 35.6 Å². The number of hydrogen-bond acceptors (Lipinski definition) is 11. The highest BCUT2D eigenvalue weighted by Crippen LogP contribution is 2.43. The molecular formula is C30H34O10S. The fraction of sp³-hybridized carbons (Fsp3) is 0.467. The molecule has 2 aromatic carbocycles. The molecule has 0 amide bonds. The molecule has 10 nitrogen and oxygen atoms in total. The summed E-state index contributed by atoms with van der Waals surface area (Å²) in [5.74, 6) is -2.10. The normalized spacial score (nSPS) is 25.4. The van der Waals surface area contributed by atoms with Gasteiger partial charge in [-0.1, -0.05) is 49.0 Å². The first kappa shape index (κ1) is 30.5. The van der Waals surface area contributed by atoms with E-state index in [1.165, 1.54) is 33.3 Å². The summed E-state index contributed by atoms with van der Waals surface area (Å²) in [6.07, 6.45) is -5.03. The van der Waals surface area contributed by atoms with Crippen LogP contribution in [0.3, 0.4) is 0 Å². The van der Waals surface area contributed by atoms with Crippen molar-refractivity contribution in [2.45, 2.75) is 82.6 Å². The van der Waals surface area contributed by atoms with E-state index in [9.17, 15) is 19.2 Å². The van der Waals surface area contributed by atoms with Gasteiger partial charge < -0.3 is 28.4 Å². The Morgan fingerprint density at radius 1 is 0.805 bits per heavy atom.